The molecule has 1 aliphatic heterocycles. The molecule has 0 spiro atoms. The first kappa shape index (κ1) is 18.1. The smallest absolute Gasteiger partial charge is 0.275 e. The minimum Gasteiger partial charge on any atom is -0.336 e. The van der Waals surface area contributed by atoms with Crippen LogP contribution >= 0.6 is 0 Å². The zero-order valence-electron chi connectivity index (χ0n) is 16.9. The first-order valence-corrected chi connectivity index (χ1v) is 10.3. The number of imidazole rings is 1. The minimum absolute atomic E-state index is 0.0171. The third kappa shape index (κ3) is 3.06. The van der Waals surface area contributed by atoms with Crippen LogP contribution in [-0.4, -0.2) is 49.8 Å². The molecule has 1 atom stereocenters. The van der Waals surface area contributed by atoms with Gasteiger partial charge in [-0.05, 0) is 38.3 Å². The Morgan fingerprint density at radius 1 is 1.21 bits per heavy atom. The first-order valence-electron chi connectivity index (χ1n) is 10.3. The number of carbonyl (C=O) groups is 1. The SMILES string of the molecule is Cc1ccc(-n2nc(C(=O)N3CCNCC3c3nccn3C)c3c2CCC3)cc1. The second-order valence-corrected chi connectivity index (χ2v) is 7.99. The van der Waals surface area contributed by atoms with Crippen LogP contribution in [0.2, 0.25) is 0 Å². The van der Waals surface area contributed by atoms with Gasteiger partial charge in [-0.2, -0.15) is 5.10 Å². The number of aryl methyl sites for hydroxylation is 2. The number of benzene rings is 1. The second-order valence-electron chi connectivity index (χ2n) is 7.99. The van der Waals surface area contributed by atoms with E-state index in [0.29, 0.717) is 18.8 Å². The standard InChI is InChI=1S/C22H26N6O/c1-15-6-8-16(9-7-15)28-18-5-3-4-17(18)20(25-28)22(29)27-13-10-23-14-19(27)21-24-11-12-26(21)2/h6-9,11-12,19,23H,3-5,10,13-14H2,1-2H3. The summed E-state index contributed by atoms with van der Waals surface area (Å²) in [5.41, 5.74) is 5.15. The quantitative estimate of drug-likeness (QED) is 0.744. The summed E-state index contributed by atoms with van der Waals surface area (Å²) < 4.78 is 3.97. The zero-order valence-corrected chi connectivity index (χ0v) is 16.9. The van der Waals surface area contributed by atoms with Gasteiger partial charge in [0.1, 0.15) is 11.9 Å². The van der Waals surface area contributed by atoms with E-state index in [1.807, 2.05) is 27.4 Å². The number of rotatable bonds is 3. The molecule has 0 saturated carbocycles. The molecule has 2 aromatic heterocycles. The van der Waals surface area contributed by atoms with Gasteiger partial charge in [0.05, 0.1) is 5.69 Å². The zero-order chi connectivity index (χ0) is 20.0. The van der Waals surface area contributed by atoms with Crippen LogP contribution < -0.4 is 5.32 Å². The fraction of sp³-hybridized carbons (Fsp3) is 0.409. The van der Waals surface area contributed by atoms with E-state index < -0.39 is 0 Å². The summed E-state index contributed by atoms with van der Waals surface area (Å²) in [7, 11) is 1.98. The Morgan fingerprint density at radius 3 is 2.79 bits per heavy atom. The van der Waals surface area contributed by atoms with Crippen molar-refractivity contribution in [3.8, 4) is 5.69 Å². The number of piperazine rings is 1. The van der Waals surface area contributed by atoms with Crippen molar-refractivity contribution in [3.05, 3.63) is 65.0 Å². The predicted octanol–water partition coefficient (Wildman–Crippen LogP) is 2.19. The Bertz CT molecular complexity index is 1050. The summed E-state index contributed by atoms with van der Waals surface area (Å²) >= 11 is 0. The van der Waals surface area contributed by atoms with Gasteiger partial charge >= 0.3 is 0 Å². The summed E-state index contributed by atoms with van der Waals surface area (Å²) in [6, 6.07) is 8.26. The molecular formula is C22H26N6O. The van der Waals surface area contributed by atoms with Crippen molar-refractivity contribution in [3.63, 3.8) is 0 Å². The Balaban J connectivity index is 1.53. The van der Waals surface area contributed by atoms with Crippen LogP contribution in [0.15, 0.2) is 36.7 Å². The van der Waals surface area contributed by atoms with Crippen molar-refractivity contribution in [1.29, 1.82) is 0 Å². The maximum Gasteiger partial charge on any atom is 0.275 e. The van der Waals surface area contributed by atoms with Gasteiger partial charge in [0.15, 0.2) is 5.69 Å². The molecule has 1 aromatic carbocycles. The molecule has 1 amide bonds. The highest BCUT2D eigenvalue weighted by Gasteiger charge is 2.35. The third-order valence-electron chi connectivity index (χ3n) is 6.07. The van der Waals surface area contributed by atoms with E-state index in [9.17, 15) is 4.79 Å². The van der Waals surface area contributed by atoms with Gasteiger partial charge in [-0.25, -0.2) is 9.67 Å². The average molecular weight is 390 g/mol. The van der Waals surface area contributed by atoms with Gasteiger partial charge in [0, 0.05) is 50.3 Å². The van der Waals surface area contributed by atoms with Crippen molar-refractivity contribution in [2.75, 3.05) is 19.6 Å². The fourth-order valence-electron chi connectivity index (χ4n) is 4.52. The highest BCUT2D eigenvalue weighted by Crippen LogP contribution is 2.31. The van der Waals surface area contributed by atoms with E-state index >= 15 is 0 Å². The topological polar surface area (TPSA) is 68.0 Å². The van der Waals surface area contributed by atoms with E-state index in [-0.39, 0.29) is 11.9 Å². The van der Waals surface area contributed by atoms with Crippen molar-refractivity contribution in [1.82, 2.24) is 29.5 Å². The van der Waals surface area contributed by atoms with E-state index in [1.54, 1.807) is 6.20 Å². The number of hydrogen-bond donors (Lipinski definition) is 1. The van der Waals surface area contributed by atoms with E-state index in [2.05, 4.69) is 41.5 Å². The molecule has 3 heterocycles. The maximum absolute atomic E-state index is 13.7. The first-order chi connectivity index (χ1) is 14.1. The molecule has 1 fully saturated rings. The van der Waals surface area contributed by atoms with Crippen LogP contribution in [0.4, 0.5) is 0 Å². The molecule has 1 aliphatic carbocycles. The van der Waals surface area contributed by atoms with Crippen molar-refractivity contribution in [2.45, 2.75) is 32.2 Å². The van der Waals surface area contributed by atoms with Crippen LogP contribution in [0.5, 0.6) is 0 Å². The number of fused-ring (bicyclic) bond motifs is 1. The van der Waals surface area contributed by atoms with Gasteiger partial charge in [-0.15, -0.1) is 0 Å². The molecule has 3 aromatic rings. The van der Waals surface area contributed by atoms with Crippen LogP contribution in [0.1, 0.15) is 45.6 Å². The predicted molar refractivity (Wildman–Crippen MR) is 110 cm³/mol. The summed E-state index contributed by atoms with van der Waals surface area (Å²) in [5, 5.41) is 8.23. The van der Waals surface area contributed by atoms with Crippen LogP contribution in [-0.2, 0) is 19.9 Å². The average Bonchev–Trinajstić information content (AvgIpc) is 3.45. The molecule has 7 nitrogen and oxygen atoms in total. The number of nitrogens with zero attached hydrogens (tertiary/aromatic N) is 5. The number of aromatic nitrogens is 4. The molecular weight excluding hydrogens is 364 g/mol. The molecule has 1 saturated heterocycles. The molecule has 0 bridgehead atoms. The van der Waals surface area contributed by atoms with E-state index in [1.165, 1.54) is 11.3 Å². The monoisotopic (exact) mass is 390 g/mol. The molecule has 0 radical (unpaired) electrons. The summed E-state index contributed by atoms with van der Waals surface area (Å²) in [5.74, 6) is 0.920. The van der Waals surface area contributed by atoms with Crippen LogP contribution in [0, 0.1) is 6.92 Å². The number of hydrogen-bond acceptors (Lipinski definition) is 4. The number of nitrogens with one attached hydrogen (secondary N) is 1. The number of carbonyl (C=O) groups excluding carboxylic acids is 1. The Labute approximate surface area is 170 Å². The summed E-state index contributed by atoms with van der Waals surface area (Å²) in [6.45, 7) is 4.22. The Morgan fingerprint density at radius 2 is 2.03 bits per heavy atom. The van der Waals surface area contributed by atoms with E-state index in [0.717, 1.165) is 42.9 Å². The van der Waals surface area contributed by atoms with Crippen LogP contribution in [0.25, 0.3) is 5.69 Å². The lowest BCUT2D eigenvalue weighted by atomic mass is 10.1. The molecule has 5 rings (SSSR count). The maximum atomic E-state index is 13.7. The van der Waals surface area contributed by atoms with Gasteiger partial charge in [-0.3, -0.25) is 4.79 Å². The lowest BCUT2D eigenvalue weighted by Gasteiger charge is -2.35. The molecule has 150 valence electrons. The van der Waals surface area contributed by atoms with Gasteiger partial charge in [0.25, 0.3) is 5.91 Å². The third-order valence-corrected chi connectivity index (χ3v) is 6.07. The lowest BCUT2D eigenvalue weighted by Crippen LogP contribution is -2.49. The fourth-order valence-corrected chi connectivity index (χ4v) is 4.52. The number of amides is 1. The molecule has 7 heteroatoms. The van der Waals surface area contributed by atoms with E-state index in [4.69, 9.17) is 5.10 Å². The van der Waals surface area contributed by atoms with Crippen molar-refractivity contribution >= 4 is 5.91 Å². The van der Waals surface area contributed by atoms with Crippen LogP contribution in [0.3, 0.4) is 0 Å². The highest BCUT2D eigenvalue weighted by molar-refractivity contribution is 5.94. The second kappa shape index (κ2) is 7.15. The molecule has 1 N–H and O–H groups in total. The minimum atomic E-state index is -0.0853. The normalized spacial score (nSPS) is 18.8. The lowest BCUT2D eigenvalue weighted by molar-refractivity contribution is 0.0613. The Kier molecular flexibility index (Phi) is 4.47. The largest absolute Gasteiger partial charge is 0.336 e. The van der Waals surface area contributed by atoms with Crippen molar-refractivity contribution in [2.24, 2.45) is 7.05 Å². The van der Waals surface area contributed by atoms with Gasteiger partial charge in [0.2, 0.25) is 0 Å². The summed E-state index contributed by atoms with van der Waals surface area (Å²) in [6.07, 6.45) is 6.67. The summed E-state index contributed by atoms with van der Waals surface area (Å²) in [4.78, 5) is 20.1. The molecule has 1 unspecified atom stereocenters. The highest BCUT2D eigenvalue weighted by atomic mass is 16.2. The van der Waals surface area contributed by atoms with Crippen molar-refractivity contribution < 1.29 is 4.79 Å². The Hall–Kier alpha value is -2.93. The molecule has 2 aliphatic rings. The molecule has 29 heavy (non-hydrogen) atoms. The van der Waals surface area contributed by atoms with Gasteiger partial charge in [-0.1, -0.05) is 17.7 Å². The van der Waals surface area contributed by atoms with Gasteiger partial charge < -0.3 is 14.8 Å².